The normalized spacial score (nSPS) is 10.9. The van der Waals surface area contributed by atoms with E-state index in [1.807, 2.05) is 6.92 Å². The molecule has 0 fully saturated rings. The number of rotatable bonds is 4. The molecule has 72 valence electrons. The van der Waals surface area contributed by atoms with Crippen molar-refractivity contribution in [2.24, 2.45) is 5.92 Å². The number of aliphatic hydroxyl groups excluding tert-OH is 1. The number of carboxylic acid groups (broad SMARTS) is 1. The summed E-state index contributed by atoms with van der Waals surface area (Å²) < 4.78 is 0. The minimum absolute atomic E-state index is 0.189. The second-order valence-corrected chi connectivity index (χ2v) is 2.54. The van der Waals surface area contributed by atoms with Crippen molar-refractivity contribution in [1.29, 1.82) is 0 Å². The summed E-state index contributed by atoms with van der Waals surface area (Å²) in [4.78, 5) is 18.8. The Hall–Kier alpha value is -0.900. The van der Waals surface area contributed by atoms with Crippen molar-refractivity contribution in [3.05, 3.63) is 0 Å². The Labute approximate surface area is 72.2 Å². The molecule has 0 aliphatic carbocycles. The summed E-state index contributed by atoms with van der Waals surface area (Å²) >= 11 is 0. The second kappa shape index (κ2) is 10.1. The molecule has 0 saturated carbocycles. The maximum absolute atomic E-state index is 9.81. The van der Waals surface area contributed by atoms with E-state index in [9.17, 15) is 4.79 Å². The zero-order valence-corrected chi connectivity index (χ0v) is 7.49. The second-order valence-electron chi connectivity index (χ2n) is 2.54. The van der Waals surface area contributed by atoms with Gasteiger partial charge in [0, 0.05) is 20.0 Å². The van der Waals surface area contributed by atoms with Crippen molar-refractivity contribution in [3.8, 4) is 0 Å². The van der Waals surface area contributed by atoms with E-state index in [1.165, 1.54) is 0 Å². The lowest BCUT2D eigenvalue weighted by Crippen LogP contribution is -1.97. The third-order valence-electron chi connectivity index (χ3n) is 1.12. The molecular formula is C8H16O4. The summed E-state index contributed by atoms with van der Waals surface area (Å²) in [6.45, 7) is 3.22. The molecule has 4 heteroatoms. The van der Waals surface area contributed by atoms with Crippen LogP contribution in [0, 0.1) is 5.92 Å². The fraction of sp³-hybridized carbons (Fsp3) is 0.750. The highest BCUT2D eigenvalue weighted by Gasteiger charge is 1.97. The van der Waals surface area contributed by atoms with Gasteiger partial charge in [-0.1, -0.05) is 6.92 Å². The van der Waals surface area contributed by atoms with E-state index in [0.29, 0.717) is 12.3 Å². The van der Waals surface area contributed by atoms with E-state index in [1.54, 1.807) is 0 Å². The van der Waals surface area contributed by atoms with Crippen LogP contribution in [0.4, 0.5) is 0 Å². The van der Waals surface area contributed by atoms with Crippen molar-refractivity contribution < 1.29 is 19.8 Å². The molecule has 0 aromatic rings. The van der Waals surface area contributed by atoms with Gasteiger partial charge < -0.3 is 15.0 Å². The SMILES string of the molecule is CC(=O)O.CC(CC=O)CCO. The van der Waals surface area contributed by atoms with Gasteiger partial charge in [-0.15, -0.1) is 0 Å². The van der Waals surface area contributed by atoms with Crippen molar-refractivity contribution in [3.63, 3.8) is 0 Å². The summed E-state index contributed by atoms with van der Waals surface area (Å²) in [5.41, 5.74) is 0. The van der Waals surface area contributed by atoms with E-state index in [4.69, 9.17) is 15.0 Å². The molecule has 12 heavy (non-hydrogen) atoms. The summed E-state index contributed by atoms with van der Waals surface area (Å²) in [5.74, 6) is -0.488. The largest absolute Gasteiger partial charge is 0.481 e. The predicted molar refractivity (Wildman–Crippen MR) is 44.9 cm³/mol. The summed E-state index contributed by atoms with van der Waals surface area (Å²) in [6, 6.07) is 0. The van der Waals surface area contributed by atoms with Crippen LogP contribution >= 0.6 is 0 Å². The maximum atomic E-state index is 9.81. The highest BCUT2D eigenvalue weighted by molar-refractivity contribution is 5.62. The Morgan fingerprint density at radius 3 is 2.25 bits per heavy atom. The summed E-state index contributed by atoms with van der Waals surface area (Å²) in [5, 5.41) is 15.8. The Bertz CT molecular complexity index is 118. The Morgan fingerprint density at radius 1 is 1.58 bits per heavy atom. The van der Waals surface area contributed by atoms with Crippen LogP contribution in [0.25, 0.3) is 0 Å². The van der Waals surface area contributed by atoms with Gasteiger partial charge in [0.25, 0.3) is 5.97 Å². The molecule has 2 N–H and O–H groups in total. The van der Waals surface area contributed by atoms with Gasteiger partial charge in [-0.05, 0) is 12.3 Å². The number of aldehydes is 1. The highest BCUT2D eigenvalue weighted by atomic mass is 16.4. The highest BCUT2D eigenvalue weighted by Crippen LogP contribution is 2.02. The molecule has 0 aromatic heterocycles. The Kier molecular flexibility index (Phi) is 11.5. The zero-order valence-electron chi connectivity index (χ0n) is 7.49. The topological polar surface area (TPSA) is 74.6 Å². The molecule has 4 nitrogen and oxygen atoms in total. The minimum Gasteiger partial charge on any atom is -0.481 e. The molecule has 0 saturated heterocycles. The lowest BCUT2D eigenvalue weighted by Gasteiger charge is -2.01. The summed E-state index contributed by atoms with van der Waals surface area (Å²) in [7, 11) is 0. The van der Waals surface area contributed by atoms with E-state index in [2.05, 4.69) is 0 Å². The van der Waals surface area contributed by atoms with Gasteiger partial charge in [-0.25, -0.2) is 0 Å². The number of carbonyl (C=O) groups is 2. The molecule has 0 bridgehead atoms. The molecule has 0 radical (unpaired) electrons. The number of aliphatic hydroxyl groups is 1. The number of aliphatic carboxylic acids is 1. The summed E-state index contributed by atoms with van der Waals surface area (Å²) in [6.07, 6.45) is 2.19. The molecule has 0 spiro atoms. The first-order chi connectivity index (χ1) is 5.54. The Morgan fingerprint density at radius 2 is 2.00 bits per heavy atom. The van der Waals surface area contributed by atoms with E-state index < -0.39 is 5.97 Å². The fourth-order valence-electron chi connectivity index (χ4n) is 0.503. The van der Waals surface area contributed by atoms with Crippen LogP contribution in [-0.4, -0.2) is 29.1 Å². The van der Waals surface area contributed by atoms with Gasteiger partial charge in [0.1, 0.15) is 6.29 Å². The van der Waals surface area contributed by atoms with Gasteiger partial charge in [0.2, 0.25) is 0 Å². The smallest absolute Gasteiger partial charge is 0.300 e. The van der Waals surface area contributed by atoms with E-state index in [-0.39, 0.29) is 6.61 Å². The van der Waals surface area contributed by atoms with Crippen molar-refractivity contribution in [1.82, 2.24) is 0 Å². The molecule has 0 aliphatic rings. The monoisotopic (exact) mass is 176 g/mol. The van der Waals surface area contributed by atoms with Crippen molar-refractivity contribution >= 4 is 12.3 Å². The Balaban J connectivity index is 0. The average Bonchev–Trinajstić information content (AvgIpc) is 1.87. The van der Waals surface area contributed by atoms with Gasteiger partial charge in [0.05, 0.1) is 0 Å². The average molecular weight is 176 g/mol. The fourth-order valence-corrected chi connectivity index (χ4v) is 0.503. The number of carbonyl (C=O) groups excluding carboxylic acids is 1. The number of hydrogen-bond donors (Lipinski definition) is 2. The van der Waals surface area contributed by atoms with Gasteiger partial charge in [-0.2, -0.15) is 0 Å². The van der Waals surface area contributed by atoms with Crippen LogP contribution in [0.5, 0.6) is 0 Å². The molecular weight excluding hydrogens is 160 g/mol. The molecule has 0 aliphatic heterocycles. The van der Waals surface area contributed by atoms with Crippen LogP contribution in [0.2, 0.25) is 0 Å². The van der Waals surface area contributed by atoms with Crippen molar-refractivity contribution in [2.75, 3.05) is 6.61 Å². The predicted octanol–water partition coefficient (Wildman–Crippen LogP) is 0.685. The molecule has 1 unspecified atom stereocenters. The molecule has 1 atom stereocenters. The van der Waals surface area contributed by atoms with Crippen LogP contribution in [0.15, 0.2) is 0 Å². The first-order valence-corrected chi connectivity index (χ1v) is 3.78. The van der Waals surface area contributed by atoms with Gasteiger partial charge >= 0.3 is 0 Å². The van der Waals surface area contributed by atoms with E-state index in [0.717, 1.165) is 19.6 Å². The minimum atomic E-state index is -0.833. The first kappa shape index (κ1) is 13.7. The van der Waals surface area contributed by atoms with E-state index >= 15 is 0 Å². The number of carboxylic acids is 1. The lowest BCUT2D eigenvalue weighted by molar-refractivity contribution is -0.134. The molecule has 0 aromatic carbocycles. The van der Waals surface area contributed by atoms with Crippen LogP contribution in [-0.2, 0) is 9.59 Å². The lowest BCUT2D eigenvalue weighted by atomic mass is 10.1. The third-order valence-corrected chi connectivity index (χ3v) is 1.12. The van der Waals surface area contributed by atoms with Gasteiger partial charge in [0.15, 0.2) is 0 Å². The van der Waals surface area contributed by atoms with Gasteiger partial charge in [-0.3, -0.25) is 4.79 Å². The molecule has 0 heterocycles. The van der Waals surface area contributed by atoms with Crippen LogP contribution in [0.3, 0.4) is 0 Å². The van der Waals surface area contributed by atoms with Crippen molar-refractivity contribution in [2.45, 2.75) is 26.7 Å². The standard InChI is InChI=1S/C6H12O2.C2H4O2/c1-6(2-4-7)3-5-8;1-2(3)4/h4,6,8H,2-3,5H2,1H3;1H3,(H,3,4). The molecule has 0 rings (SSSR count). The maximum Gasteiger partial charge on any atom is 0.300 e. The van der Waals surface area contributed by atoms with Crippen LogP contribution in [0.1, 0.15) is 26.7 Å². The third kappa shape index (κ3) is 23.0. The first-order valence-electron chi connectivity index (χ1n) is 3.78. The quantitative estimate of drug-likeness (QED) is 0.618. The zero-order chi connectivity index (χ0) is 9.98. The van der Waals surface area contributed by atoms with Crippen LogP contribution < -0.4 is 0 Å². The number of hydrogen-bond acceptors (Lipinski definition) is 3. The molecule has 0 amide bonds.